The molecule has 0 unspecified atom stereocenters. The Labute approximate surface area is 331 Å². The molecule has 0 amide bonds. The van der Waals surface area contributed by atoms with E-state index in [4.69, 9.17) is 8.83 Å². The molecule has 268 valence electrons. The van der Waals surface area contributed by atoms with Crippen LogP contribution in [0.2, 0.25) is 0 Å². The molecule has 0 aliphatic carbocycles. The molecular formula is C52H32N2O2S. The minimum absolute atomic E-state index is 0.818. The number of rotatable bonds is 6. The van der Waals surface area contributed by atoms with Crippen molar-refractivity contribution >= 4 is 120 Å². The molecule has 3 aromatic heterocycles. The molecule has 0 bridgehead atoms. The van der Waals surface area contributed by atoms with Crippen molar-refractivity contribution in [1.29, 1.82) is 0 Å². The highest BCUT2D eigenvalue weighted by molar-refractivity contribution is 7.26. The van der Waals surface area contributed by atoms with Gasteiger partial charge in [0, 0.05) is 66.2 Å². The van der Waals surface area contributed by atoms with Gasteiger partial charge in [-0.2, -0.15) is 0 Å². The van der Waals surface area contributed by atoms with Crippen molar-refractivity contribution in [3.05, 3.63) is 194 Å². The van der Waals surface area contributed by atoms with Gasteiger partial charge in [0.2, 0.25) is 0 Å². The number of thiophene rings is 1. The molecular weight excluding hydrogens is 717 g/mol. The number of hydrogen-bond acceptors (Lipinski definition) is 5. The zero-order valence-corrected chi connectivity index (χ0v) is 31.4. The van der Waals surface area contributed by atoms with Crippen LogP contribution < -0.4 is 9.80 Å². The first-order valence-electron chi connectivity index (χ1n) is 19.2. The fraction of sp³-hybridized carbons (Fsp3) is 0. The molecule has 0 saturated carbocycles. The van der Waals surface area contributed by atoms with Crippen LogP contribution in [-0.4, -0.2) is 0 Å². The van der Waals surface area contributed by atoms with Crippen molar-refractivity contribution in [2.75, 3.05) is 9.80 Å². The monoisotopic (exact) mass is 748 g/mol. The predicted octanol–water partition coefficient (Wildman–Crippen LogP) is 15.9. The van der Waals surface area contributed by atoms with E-state index in [2.05, 4.69) is 192 Å². The van der Waals surface area contributed by atoms with Crippen LogP contribution in [0, 0.1) is 0 Å². The molecule has 0 radical (unpaired) electrons. The Hall–Kier alpha value is -7.34. The van der Waals surface area contributed by atoms with Gasteiger partial charge in [-0.25, -0.2) is 0 Å². The lowest BCUT2D eigenvalue weighted by atomic mass is 10.0. The topological polar surface area (TPSA) is 32.8 Å². The van der Waals surface area contributed by atoms with Crippen LogP contribution in [-0.2, 0) is 0 Å². The summed E-state index contributed by atoms with van der Waals surface area (Å²) >= 11 is 1.84. The molecule has 0 N–H and O–H groups in total. The molecule has 3 heterocycles. The van der Waals surface area contributed by atoms with Crippen molar-refractivity contribution in [2.45, 2.75) is 0 Å². The number of nitrogens with zero attached hydrogens (tertiary/aromatic N) is 2. The quantitative estimate of drug-likeness (QED) is 0.170. The zero-order chi connectivity index (χ0) is 37.5. The summed E-state index contributed by atoms with van der Waals surface area (Å²) in [6.45, 7) is 0. The average molecular weight is 749 g/mol. The van der Waals surface area contributed by atoms with Crippen LogP contribution in [0.3, 0.4) is 0 Å². The third-order valence-electron chi connectivity index (χ3n) is 11.2. The van der Waals surface area contributed by atoms with E-state index >= 15 is 0 Å². The van der Waals surface area contributed by atoms with Gasteiger partial charge in [0.1, 0.15) is 22.3 Å². The van der Waals surface area contributed by atoms with Gasteiger partial charge in [0.05, 0.1) is 21.8 Å². The minimum Gasteiger partial charge on any atom is -0.456 e. The Morgan fingerprint density at radius 3 is 1.81 bits per heavy atom. The van der Waals surface area contributed by atoms with E-state index in [1.165, 1.54) is 30.9 Å². The third kappa shape index (κ3) is 4.99. The lowest BCUT2D eigenvalue weighted by Gasteiger charge is -2.33. The maximum atomic E-state index is 6.83. The molecule has 0 saturated heterocycles. The fourth-order valence-electron chi connectivity index (χ4n) is 8.68. The lowest BCUT2D eigenvalue weighted by molar-refractivity contribution is 0.669. The van der Waals surface area contributed by atoms with Gasteiger partial charge < -0.3 is 18.6 Å². The highest BCUT2D eigenvalue weighted by Gasteiger charge is 2.27. The summed E-state index contributed by atoms with van der Waals surface area (Å²) in [6, 6.07) is 69.0. The molecule has 5 heteroatoms. The van der Waals surface area contributed by atoms with Crippen molar-refractivity contribution in [2.24, 2.45) is 0 Å². The van der Waals surface area contributed by atoms with Crippen molar-refractivity contribution < 1.29 is 8.83 Å². The van der Waals surface area contributed by atoms with E-state index in [1.807, 2.05) is 23.5 Å². The van der Waals surface area contributed by atoms with Gasteiger partial charge in [-0.05, 0) is 77.5 Å². The van der Waals surface area contributed by atoms with Gasteiger partial charge >= 0.3 is 0 Å². The maximum absolute atomic E-state index is 6.83. The second-order valence-corrected chi connectivity index (χ2v) is 15.5. The summed E-state index contributed by atoms with van der Waals surface area (Å²) in [4.78, 5) is 4.78. The normalized spacial score (nSPS) is 11.9. The lowest BCUT2D eigenvalue weighted by Crippen LogP contribution is -2.17. The summed E-state index contributed by atoms with van der Waals surface area (Å²) in [5.74, 6) is 0. The van der Waals surface area contributed by atoms with E-state index in [0.29, 0.717) is 0 Å². The molecule has 57 heavy (non-hydrogen) atoms. The largest absolute Gasteiger partial charge is 0.456 e. The number of para-hydroxylation sites is 3. The molecule has 4 nitrogen and oxygen atoms in total. The van der Waals surface area contributed by atoms with E-state index in [0.717, 1.165) is 78.0 Å². The van der Waals surface area contributed by atoms with Crippen LogP contribution in [0.25, 0.3) is 74.8 Å². The Morgan fingerprint density at radius 2 is 0.965 bits per heavy atom. The minimum atomic E-state index is 0.818. The molecule has 0 fully saturated rings. The van der Waals surface area contributed by atoms with Crippen LogP contribution >= 0.6 is 11.3 Å². The highest BCUT2D eigenvalue weighted by atomic mass is 32.1. The number of fused-ring (bicyclic) bond motifs is 11. The Kier molecular flexibility index (Phi) is 7.06. The first-order chi connectivity index (χ1) is 28.3. The van der Waals surface area contributed by atoms with E-state index in [1.54, 1.807) is 0 Å². The van der Waals surface area contributed by atoms with Gasteiger partial charge in [-0.1, -0.05) is 115 Å². The van der Waals surface area contributed by atoms with Crippen LogP contribution in [0.1, 0.15) is 0 Å². The Morgan fingerprint density at radius 1 is 0.333 bits per heavy atom. The molecule has 0 aliphatic heterocycles. The average Bonchev–Trinajstić information content (AvgIpc) is 3.96. The highest BCUT2D eigenvalue weighted by Crippen LogP contribution is 2.52. The third-order valence-corrected chi connectivity index (χ3v) is 12.4. The molecule has 0 aliphatic rings. The summed E-state index contributed by atoms with van der Waals surface area (Å²) in [5, 5.41) is 9.22. The van der Waals surface area contributed by atoms with E-state index < -0.39 is 0 Å². The number of benzene rings is 9. The van der Waals surface area contributed by atoms with Gasteiger partial charge in [0.25, 0.3) is 0 Å². The molecule has 9 aromatic carbocycles. The standard InChI is InChI=1S/C52H32N2O2S/c1-3-15-34(16-4-1)53(36-27-28-39-38-20-9-11-24-46(38)55-48(39)30-36)45-32-49-42(51-37-19-8-7-14-33(37)26-29-47(51)56-49)31-44(45)54(35-17-5-2-6-18-35)43-23-13-22-41-40-21-10-12-25-50(40)57-52(41)43/h1-32H. The predicted molar refractivity (Wildman–Crippen MR) is 241 cm³/mol. The van der Waals surface area contributed by atoms with E-state index in [9.17, 15) is 0 Å². The van der Waals surface area contributed by atoms with E-state index in [-0.39, 0.29) is 0 Å². The van der Waals surface area contributed by atoms with Crippen LogP contribution in [0.15, 0.2) is 203 Å². The van der Waals surface area contributed by atoms with Crippen molar-refractivity contribution in [3.8, 4) is 0 Å². The molecule has 0 spiro atoms. The summed E-state index contributed by atoms with van der Waals surface area (Å²) in [7, 11) is 0. The van der Waals surface area contributed by atoms with Crippen molar-refractivity contribution in [3.63, 3.8) is 0 Å². The zero-order valence-electron chi connectivity index (χ0n) is 30.6. The van der Waals surface area contributed by atoms with Gasteiger partial charge in [0.15, 0.2) is 0 Å². The van der Waals surface area contributed by atoms with Crippen LogP contribution in [0.5, 0.6) is 0 Å². The van der Waals surface area contributed by atoms with Gasteiger partial charge in [-0.15, -0.1) is 11.3 Å². The summed E-state index contributed by atoms with van der Waals surface area (Å²) in [5.41, 5.74) is 9.53. The first kappa shape index (κ1) is 32.0. The van der Waals surface area contributed by atoms with Crippen molar-refractivity contribution in [1.82, 2.24) is 0 Å². The number of hydrogen-bond donors (Lipinski definition) is 0. The second-order valence-electron chi connectivity index (χ2n) is 14.5. The molecule has 12 aromatic rings. The van der Waals surface area contributed by atoms with Crippen LogP contribution in [0.4, 0.5) is 34.1 Å². The summed E-state index contributed by atoms with van der Waals surface area (Å²) in [6.07, 6.45) is 0. The molecule has 12 rings (SSSR count). The summed E-state index contributed by atoms with van der Waals surface area (Å²) < 4.78 is 15.8. The maximum Gasteiger partial charge on any atom is 0.137 e. The number of anilines is 6. The first-order valence-corrected chi connectivity index (χ1v) is 20.0. The SMILES string of the molecule is c1ccc(N(c2ccc3c(c2)oc2ccccc23)c2cc3oc4ccc5ccccc5c4c3cc2N(c2ccccc2)c2cccc3c2sc2ccccc23)cc1. The Balaban J connectivity index is 1.22. The smallest absolute Gasteiger partial charge is 0.137 e. The van der Waals surface area contributed by atoms with Gasteiger partial charge in [-0.3, -0.25) is 0 Å². The molecule has 0 atom stereocenters. The Bertz CT molecular complexity index is 3490. The fourth-order valence-corrected chi connectivity index (χ4v) is 9.89. The second kappa shape index (κ2) is 12.6. The number of furan rings is 2.